The summed E-state index contributed by atoms with van der Waals surface area (Å²) >= 11 is 0. The summed E-state index contributed by atoms with van der Waals surface area (Å²) in [6.07, 6.45) is 3.44. The fourth-order valence-corrected chi connectivity index (χ4v) is 1.46. The number of nitrogens with one attached hydrogen (secondary N) is 1. The van der Waals surface area contributed by atoms with Gasteiger partial charge in [0, 0.05) is 24.5 Å². The third-order valence-electron chi connectivity index (χ3n) is 2.29. The molecule has 0 aliphatic rings. The van der Waals surface area contributed by atoms with Crippen LogP contribution in [0.15, 0.2) is 36.7 Å². The van der Waals surface area contributed by atoms with Gasteiger partial charge in [0.2, 0.25) is 5.88 Å². The number of nitrogens with zero attached hydrogens (tertiary/aromatic N) is 2. The van der Waals surface area contributed by atoms with E-state index >= 15 is 0 Å². The van der Waals surface area contributed by atoms with Crippen molar-refractivity contribution in [2.75, 3.05) is 7.05 Å². The Labute approximate surface area is 101 Å². The van der Waals surface area contributed by atoms with Gasteiger partial charge >= 0.3 is 0 Å². The average Bonchev–Trinajstić information content (AvgIpc) is 2.33. The van der Waals surface area contributed by atoms with E-state index in [1.54, 1.807) is 12.4 Å². The maximum absolute atomic E-state index is 5.62. The first-order chi connectivity index (χ1) is 8.28. The summed E-state index contributed by atoms with van der Waals surface area (Å²) in [6, 6.07) is 7.66. The van der Waals surface area contributed by atoms with Crippen molar-refractivity contribution < 1.29 is 4.74 Å². The average molecular weight is 229 g/mol. The first-order valence-corrected chi connectivity index (χ1v) is 5.48. The largest absolute Gasteiger partial charge is 0.437 e. The van der Waals surface area contributed by atoms with E-state index in [0.29, 0.717) is 11.6 Å². The molecule has 2 heterocycles. The standard InChI is InChI=1S/C13H15N3O/c1-10-3-4-12(9-16-10)17-13-7-11(8-14-2)5-6-15-13/h3-7,9,14H,8H2,1-2H3. The molecule has 0 aliphatic carbocycles. The van der Waals surface area contributed by atoms with Crippen LogP contribution in [0.3, 0.4) is 0 Å². The quantitative estimate of drug-likeness (QED) is 0.873. The minimum atomic E-state index is 0.586. The van der Waals surface area contributed by atoms with E-state index in [4.69, 9.17) is 4.74 Å². The Bertz CT molecular complexity index is 482. The molecule has 4 nitrogen and oxygen atoms in total. The summed E-state index contributed by atoms with van der Waals surface area (Å²) in [5.41, 5.74) is 2.10. The zero-order chi connectivity index (χ0) is 12.1. The predicted octanol–water partition coefficient (Wildman–Crippen LogP) is 2.30. The Balaban J connectivity index is 2.12. The van der Waals surface area contributed by atoms with Gasteiger partial charge in [-0.2, -0.15) is 0 Å². The van der Waals surface area contributed by atoms with Crippen LogP contribution in [0.4, 0.5) is 0 Å². The molecule has 2 aromatic heterocycles. The number of pyridine rings is 2. The van der Waals surface area contributed by atoms with Crippen molar-refractivity contribution in [2.24, 2.45) is 0 Å². The molecule has 0 unspecified atom stereocenters. The first kappa shape index (κ1) is 11.5. The van der Waals surface area contributed by atoms with Gasteiger partial charge < -0.3 is 10.1 Å². The second-order valence-electron chi connectivity index (χ2n) is 3.77. The van der Waals surface area contributed by atoms with E-state index < -0.39 is 0 Å². The number of hydrogen-bond donors (Lipinski definition) is 1. The summed E-state index contributed by atoms with van der Waals surface area (Å²) in [6.45, 7) is 2.74. The predicted molar refractivity (Wildman–Crippen MR) is 66.0 cm³/mol. The molecule has 0 saturated carbocycles. The lowest BCUT2D eigenvalue weighted by molar-refractivity contribution is 0.459. The third-order valence-corrected chi connectivity index (χ3v) is 2.29. The Kier molecular flexibility index (Phi) is 3.67. The summed E-state index contributed by atoms with van der Waals surface area (Å²) in [5.74, 6) is 1.29. The van der Waals surface area contributed by atoms with Crippen LogP contribution in [0.25, 0.3) is 0 Å². The van der Waals surface area contributed by atoms with E-state index in [0.717, 1.165) is 17.8 Å². The molecule has 17 heavy (non-hydrogen) atoms. The van der Waals surface area contributed by atoms with Gasteiger partial charge in [0.25, 0.3) is 0 Å². The summed E-state index contributed by atoms with van der Waals surface area (Å²) in [7, 11) is 1.91. The Morgan fingerprint density at radius 1 is 1.24 bits per heavy atom. The second-order valence-corrected chi connectivity index (χ2v) is 3.77. The fraction of sp³-hybridized carbons (Fsp3) is 0.231. The van der Waals surface area contributed by atoms with Crippen molar-refractivity contribution in [2.45, 2.75) is 13.5 Å². The number of hydrogen-bond acceptors (Lipinski definition) is 4. The molecule has 0 fully saturated rings. The lowest BCUT2D eigenvalue weighted by atomic mass is 10.2. The monoisotopic (exact) mass is 229 g/mol. The molecular weight excluding hydrogens is 214 g/mol. The van der Waals surface area contributed by atoms with Gasteiger partial charge in [-0.25, -0.2) is 4.98 Å². The lowest BCUT2D eigenvalue weighted by Gasteiger charge is -2.06. The SMILES string of the molecule is CNCc1ccnc(Oc2ccc(C)nc2)c1. The molecule has 2 rings (SSSR count). The van der Waals surface area contributed by atoms with E-state index in [1.807, 2.05) is 38.2 Å². The van der Waals surface area contributed by atoms with E-state index in [-0.39, 0.29) is 0 Å². The van der Waals surface area contributed by atoms with Crippen LogP contribution in [0.5, 0.6) is 11.6 Å². The minimum absolute atomic E-state index is 0.586. The van der Waals surface area contributed by atoms with Crippen molar-refractivity contribution in [3.63, 3.8) is 0 Å². The van der Waals surface area contributed by atoms with E-state index in [9.17, 15) is 0 Å². The number of ether oxygens (including phenoxy) is 1. The van der Waals surface area contributed by atoms with Crippen LogP contribution < -0.4 is 10.1 Å². The van der Waals surface area contributed by atoms with Crippen LogP contribution in [0.2, 0.25) is 0 Å². The van der Waals surface area contributed by atoms with E-state index in [1.165, 1.54) is 0 Å². The fourth-order valence-electron chi connectivity index (χ4n) is 1.46. The Hall–Kier alpha value is -1.94. The third kappa shape index (κ3) is 3.26. The second kappa shape index (κ2) is 5.41. The van der Waals surface area contributed by atoms with Crippen molar-refractivity contribution in [1.82, 2.24) is 15.3 Å². The molecule has 2 aromatic rings. The molecule has 0 atom stereocenters. The topological polar surface area (TPSA) is 47.0 Å². The highest BCUT2D eigenvalue weighted by molar-refractivity contribution is 5.27. The van der Waals surface area contributed by atoms with Crippen molar-refractivity contribution >= 4 is 0 Å². The molecule has 88 valence electrons. The van der Waals surface area contributed by atoms with Crippen LogP contribution in [-0.2, 0) is 6.54 Å². The summed E-state index contributed by atoms with van der Waals surface area (Å²) in [4.78, 5) is 8.33. The molecule has 0 radical (unpaired) electrons. The molecule has 0 saturated heterocycles. The molecular formula is C13H15N3O. The highest BCUT2D eigenvalue weighted by atomic mass is 16.5. The highest BCUT2D eigenvalue weighted by Crippen LogP contribution is 2.18. The summed E-state index contributed by atoms with van der Waals surface area (Å²) < 4.78 is 5.62. The molecule has 0 amide bonds. The van der Waals surface area contributed by atoms with Gasteiger partial charge in [-0.1, -0.05) is 0 Å². The zero-order valence-corrected chi connectivity index (χ0v) is 9.97. The van der Waals surface area contributed by atoms with Crippen LogP contribution in [-0.4, -0.2) is 17.0 Å². The van der Waals surface area contributed by atoms with Crippen LogP contribution in [0.1, 0.15) is 11.3 Å². The lowest BCUT2D eigenvalue weighted by Crippen LogP contribution is -2.05. The summed E-state index contributed by atoms with van der Waals surface area (Å²) in [5, 5.41) is 3.09. The van der Waals surface area contributed by atoms with Gasteiger partial charge in [-0.3, -0.25) is 4.98 Å². The zero-order valence-electron chi connectivity index (χ0n) is 9.97. The smallest absolute Gasteiger partial charge is 0.219 e. The van der Waals surface area contributed by atoms with Gasteiger partial charge in [0.15, 0.2) is 0 Å². The Morgan fingerprint density at radius 2 is 2.12 bits per heavy atom. The molecule has 1 N–H and O–H groups in total. The van der Waals surface area contributed by atoms with Crippen molar-refractivity contribution in [3.8, 4) is 11.6 Å². The normalized spacial score (nSPS) is 10.2. The van der Waals surface area contributed by atoms with Crippen molar-refractivity contribution in [1.29, 1.82) is 0 Å². The molecule has 0 aromatic carbocycles. The van der Waals surface area contributed by atoms with E-state index in [2.05, 4.69) is 15.3 Å². The highest BCUT2D eigenvalue weighted by Gasteiger charge is 2.00. The molecule has 0 spiro atoms. The maximum Gasteiger partial charge on any atom is 0.219 e. The van der Waals surface area contributed by atoms with Gasteiger partial charge in [0.1, 0.15) is 5.75 Å². The Morgan fingerprint density at radius 3 is 2.82 bits per heavy atom. The van der Waals surface area contributed by atoms with Crippen LogP contribution in [0, 0.1) is 6.92 Å². The van der Waals surface area contributed by atoms with Crippen molar-refractivity contribution in [3.05, 3.63) is 47.9 Å². The number of aromatic nitrogens is 2. The number of rotatable bonds is 4. The first-order valence-electron chi connectivity index (χ1n) is 5.48. The molecule has 4 heteroatoms. The van der Waals surface area contributed by atoms with Gasteiger partial charge in [-0.15, -0.1) is 0 Å². The maximum atomic E-state index is 5.62. The van der Waals surface area contributed by atoms with Crippen LogP contribution >= 0.6 is 0 Å². The molecule has 0 aliphatic heterocycles. The van der Waals surface area contributed by atoms with Gasteiger partial charge in [-0.05, 0) is 37.7 Å². The van der Waals surface area contributed by atoms with Gasteiger partial charge in [0.05, 0.1) is 6.20 Å². The minimum Gasteiger partial charge on any atom is -0.437 e. The molecule has 0 bridgehead atoms. The number of aryl methyl sites for hydroxylation is 1.